The monoisotopic (exact) mass is 335 g/mol. The second kappa shape index (κ2) is 7.11. The summed E-state index contributed by atoms with van der Waals surface area (Å²) in [6, 6.07) is 7.10. The van der Waals surface area contributed by atoms with Gasteiger partial charge >= 0.3 is 5.97 Å². The van der Waals surface area contributed by atoms with Crippen LogP contribution in [0.4, 0.5) is 0 Å². The van der Waals surface area contributed by atoms with Crippen LogP contribution in [0.25, 0.3) is 0 Å². The van der Waals surface area contributed by atoms with Crippen LogP contribution < -0.4 is 0 Å². The van der Waals surface area contributed by atoms with Crippen molar-refractivity contribution in [1.82, 2.24) is 4.90 Å². The molecule has 1 fully saturated rings. The number of ether oxygens (including phenoxy) is 2. The molecule has 0 aromatic heterocycles. The molecule has 134 valence electrons. The van der Waals surface area contributed by atoms with E-state index in [-0.39, 0.29) is 23.4 Å². The van der Waals surface area contributed by atoms with Crippen LogP contribution in [-0.2, 0) is 14.3 Å². The number of carbonyl (C=O) groups excluding carboxylic acids is 1. The maximum Gasteiger partial charge on any atom is 0.307 e. The molecule has 0 radical (unpaired) electrons. The van der Waals surface area contributed by atoms with Gasteiger partial charge in [0, 0.05) is 18.6 Å². The van der Waals surface area contributed by atoms with Gasteiger partial charge in [0.25, 0.3) is 0 Å². The summed E-state index contributed by atoms with van der Waals surface area (Å²) in [5.41, 5.74) is 0.451. The second-order valence-electron chi connectivity index (χ2n) is 7.99. The van der Waals surface area contributed by atoms with Crippen molar-refractivity contribution in [2.45, 2.75) is 58.3 Å². The van der Waals surface area contributed by atoms with E-state index in [1.54, 1.807) is 12.1 Å². The lowest BCUT2D eigenvalue weighted by atomic mass is 9.98. The van der Waals surface area contributed by atoms with Crippen molar-refractivity contribution >= 4 is 5.97 Å². The molecular weight excluding hydrogens is 306 g/mol. The predicted octanol–water partition coefficient (Wildman–Crippen LogP) is 3.28. The van der Waals surface area contributed by atoms with Crippen molar-refractivity contribution in [3.8, 4) is 5.75 Å². The largest absolute Gasteiger partial charge is 0.508 e. The molecule has 1 aromatic rings. The Hall–Kier alpha value is -1.59. The Kier molecular flexibility index (Phi) is 5.56. The molecule has 0 amide bonds. The number of benzene rings is 1. The van der Waals surface area contributed by atoms with Crippen LogP contribution in [0.3, 0.4) is 0 Å². The summed E-state index contributed by atoms with van der Waals surface area (Å²) >= 11 is 0. The number of hydrogen-bond donors (Lipinski definition) is 1. The van der Waals surface area contributed by atoms with Crippen LogP contribution in [0.2, 0.25) is 0 Å². The van der Waals surface area contributed by atoms with Gasteiger partial charge in [0.1, 0.15) is 11.4 Å². The highest BCUT2D eigenvalue weighted by Crippen LogP contribution is 2.31. The molecule has 5 nitrogen and oxygen atoms in total. The van der Waals surface area contributed by atoms with Gasteiger partial charge in [-0.3, -0.25) is 9.69 Å². The van der Waals surface area contributed by atoms with Gasteiger partial charge in [-0.05, 0) is 52.3 Å². The van der Waals surface area contributed by atoms with Crippen LogP contribution >= 0.6 is 0 Å². The Labute approximate surface area is 144 Å². The fourth-order valence-electron chi connectivity index (χ4n) is 2.80. The molecular formula is C19H29NO4. The van der Waals surface area contributed by atoms with Crippen LogP contribution in [0.15, 0.2) is 24.3 Å². The van der Waals surface area contributed by atoms with E-state index < -0.39 is 5.60 Å². The topological polar surface area (TPSA) is 59.0 Å². The third kappa shape index (κ3) is 5.21. The highest BCUT2D eigenvalue weighted by Gasteiger charge is 2.35. The number of phenolic OH excluding ortho intramolecular Hbond substituents is 1. The standard InChI is InChI=1S/C19H29NO4/c1-18(2,3)24-17(22)10-11-20-12-16(23-13-19(20,4)5)14-6-8-15(21)9-7-14/h6-9,16,21H,10-13H2,1-5H3. The number of aromatic hydroxyl groups is 1. The number of rotatable bonds is 4. The highest BCUT2D eigenvalue weighted by molar-refractivity contribution is 5.70. The molecule has 1 atom stereocenters. The van der Waals surface area contributed by atoms with Crippen molar-refractivity contribution < 1.29 is 19.4 Å². The molecule has 1 aliphatic rings. The molecule has 0 spiro atoms. The Balaban J connectivity index is 1.98. The van der Waals surface area contributed by atoms with E-state index in [2.05, 4.69) is 18.7 Å². The fourth-order valence-corrected chi connectivity index (χ4v) is 2.80. The van der Waals surface area contributed by atoms with Crippen LogP contribution in [-0.4, -0.2) is 46.8 Å². The first-order valence-corrected chi connectivity index (χ1v) is 8.44. The maximum atomic E-state index is 12.0. The summed E-state index contributed by atoms with van der Waals surface area (Å²) in [7, 11) is 0. The van der Waals surface area contributed by atoms with Gasteiger partial charge in [0.05, 0.1) is 19.1 Å². The van der Waals surface area contributed by atoms with E-state index in [0.717, 1.165) is 5.56 Å². The molecule has 1 saturated heterocycles. The third-order valence-electron chi connectivity index (χ3n) is 4.15. The maximum absolute atomic E-state index is 12.0. The zero-order valence-electron chi connectivity index (χ0n) is 15.3. The molecule has 0 bridgehead atoms. The minimum atomic E-state index is -0.452. The average molecular weight is 335 g/mol. The number of carbonyl (C=O) groups is 1. The lowest BCUT2D eigenvalue weighted by Crippen LogP contribution is -2.54. The Bertz CT molecular complexity index is 560. The second-order valence-corrected chi connectivity index (χ2v) is 7.99. The first-order valence-electron chi connectivity index (χ1n) is 8.44. The van der Waals surface area contributed by atoms with Crippen LogP contribution in [0.1, 0.15) is 52.7 Å². The van der Waals surface area contributed by atoms with Gasteiger partial charge in [0.15, 0.2) is 0 Å². The fraction of sp³-hybridized carbons (Fsp3) is 0.632. The highest BCUT2D eigenvalue weighted by atomic mass is 16.6. The number of morpholine rings is 1. The van der Waals surface area contributed by atoms with Gasteiger partial charge < -0.3 is 14.6 Å². The summed E-state index contributed by atoms with van der Waals surface area (Å²) in [6.45, 7) is 11.8. The van der Waals surface area contributed by atoms with Gasteiger partial charge in [-0.15, -0.1) is 0 Å². The Morgan fingerprint density at radius 1 is 1.33 bits per heavy atom. The van der Waals surface area contributed by atoms with Gasteiger partial charge in [0.2, 0.25) is 0 Å². The molecule has 1 unspecified atom stereocenters. The quantitative estimate of drug-likeness (QED) is 0.856. The summed E-state index contributed by atoms with van der Waals surface area (Å²) in [5.74, 6) is 0.0719. The van der Waals surface area contributed by atoms with E-state index in [1.165, 1.54) is 0 Å². The van der Waals surface area contributed by atoms with Crippen molar-refractivity contribution in [3.05, 3.63) is 29.8 Å². The zero-order chi connectivity index (χ0) is 18.0. The predicted molar refractivity (Wildman–Crippen MR) is 92.9 cm³/mol. The molecule has 1 aliphatic heterocycles. The molecule has 1 aromatic carbocycles. The van der Waals surface area contributed by atoms with Gasteiger partial charge in [-0.2, -0.15) is 0 Å². The van der Waals surface area contributed by atoms with Crippen molar-refractivity contribution in [2.75, 3.05) is 19.7 Å². The molecule has 1 N–H and O–H groups in total. The average Bonchev–Trinajstić information content (AvgIpc) is 2.45. The zero-order valence-corrected chi connectivity index (χ0v) is 15.3. The summed E-state index contributed by atoms with van der Waals surface area (Å²) in [4.78, 5) is 14.3. The minimum Gasteiger partial charge on any atom is -0.508 e. The van der Waals surface area contributed by atoms with Gasteiger partial charge in [-0.25, -0.2) is 0 Å². The van der Waals surface area contributed by atoms with Gasteiger partial charge in [-0.1, -0.05) is 12.1 Å². The molecule has 0 aliphatic carbocycles. The Morgan fingerprint density at radius 3 is 2.54 bits per heavy atom. The van der Waals surface area contributed by atoms with E-state index in [1.807, 2.05) is 32.9 Å². The molecule has 1 heterocycles. The number of esters is 1. The number of phenols is 1. The number of nitrogens with zero attached hydrogens (tertiary/aromatic N) is 1. The van der Waals surface area contributed by atoms with Crippen molar-refractivity contribution in [3.63, 3.8) is 0 Å². The first-order chi connectivity index (χ1) is 11.1. The molecule has 5 heteroatoms. The summed E-state index contributed by atoms with van der Waals surface area (Å²) < 4.78 is 11.4. The van der Waals surface area contributed by atoms with Crippen LogP contribution in [0.5, 0.6) is 5.75 Å². The lowest BCUT2D eigenvalue weighted by molar-refractivity contribution is -0.157. The molecule has 24 heavy (non-hydrogen) atoms. The minimum absolute atomic E-state index is 0.0581. The molecule has 0 saturated carbocycles. The SMILES string of the molecule is CC(C)(C)OC(=O)CCN1CC(c2ccc(O)cc2)OCC1(C)C. The van der Waals surface area contributed by atoms with E-state index in [9.17, 15) is 9.90 Å². The summed E-state index contributed by atoms with van der Waals surface area (Å²) in [5, 5.41) is 9.43. The summed E-state index contributed by atoms with van der Waals surface area (Å²) in [6.07, 6.45) is 0.306. The third-order valence-corrected chi connectivity index (χ3v) is 4.15. The first kappa shape index (κ1) is 18.7. The smallest absolute Gasteiger partial charge is 0.307 e. The van der Waals surface area contributed by atoms with E-state index in [4.69, 9.17) is 9.47 Å². The number of hydrogen-bond acceptors (Lipinski definition) is 5. The molecule has 2 rings (SSSR count). The lowest BCUT2D eigenvalue weighted by Gasteiger charge is -2.45. The van der Waals surface area contributed by atoms with Crippen LogP contribution in [0, 0.1) is 0 Å². The van der Waals surface area contributed by atoms with Crippen molar-refractivity contribution in [1.29, 1.82) is 0 Å². The van der Waals surface area contributed by atoms with E-state index >= 15 is 0 Å². The van der Waals surface area contributed by atoms with E-state index in [0.29, 0.717) is 26.1 Å². The normalized spacial score (nSPS) is 21.5. The Morgan fingerprint density at radius 2 is 1.96 bits per heavy atom. The van der Waals surface area contributed by atoms with Crippen molar-refractivity contribution in [2.24, 2.45) is 0 Å².